The van der Waals surface area contributed by atoms with Gasteiger partial charge in [0.15, 0.2) is 0 Å². The van der Waals surface area contributed by atoms with E-state index < -0.39 is 11.1 Å². The highest BCUT2D eigenvalue weighted by Gasteiger charge is 2.13. The van der Waals surface area contributed by atoms with Gasteiger partial charge in [0.1, 0.15) is 0 Å². The summed E-state index contributed by atoms with van der Waals surface area (Å²) in [6.45, 7) is 4.72. The van der Waals surface area contributed by atoms with Gasteiger partial charge in [-0.2, -0.15) is 5.10 Å². The van der Waals surface area contributed by atoms with Crippen molar-refractivity contribution in [1.82, 2.24) is 9.13 Å². The largest absolute Gasteiger partial charge is 0.305 e. The van der Waals surface area contributed by atoms with Crippen molar-refractivity contribution in [2.24, 2.45) is 11.0 Å². The quantitative estimate of drug-likeness (QED) is 0.472. The Morgan fingerprint density at radius 1 is 0.781 bits per heavy atom. The highest BCUT2D eigenvalue weighted by Crippen LogP contribution is 2.15. The predicted molar refractivity (Wildman–Crippen MR) is 129 cm³/mol. The van der Waals surface area contributed by atoms with Gasteiger partial charge in [0.2, 0.25) is 5.36 Å². The Hall–Kier alpha value is -3.93. The summed E-state index contributed by atoms with van der Waals surface area (Å²) >= 11 is 0. The number of para-hydroxylation sites is 4. The van der Waals surface area contributed by atoms with Crippen molar-refractivity contribution in [3.63, 3.8) is 0 Å². The molecule has 6 nitrogen and oxygen atoms in total. The lowest BCUT2D eigenvalue weighted by Crippen LogP contribution is -2.45. The first kappa shape index (κ1) is 21.3. The van der Waals surface area contributed by atoms with Gasteiger partial charge in [-0.05, 0) is 48.7 Å². The third-order valence-corrected chi connectivity index (χ3v) is 5.28. The number of rotatable bonds is 6. The van der Waals surface area contributed by atoms with E-state index in [1.807, 2.05) is 84.9 Å². The van der Waals surface area contributed by atoms with Crippen molar-refractivity contribution < 1.29 is 0 Å². The molecule has 6 heteroatoms. The summed E-state index contributed by atoms with van der Waals surface area (Å²) in [7, 11) is 0. The first-order valence-corrected chi connectivity index (χ1v) is 10.8. The Morgan fingerprint density at radius 2 is 1.38 bits per heavy atom. The maximum Gasteiger partial charge on any atom is 0.289 e. The summed E-state index contributed by atoms with van der Waals surface area (Å²) in [5, 5.41) is 4.14. The Kier molecular flexibility index (Phi) is 6.31. The molecular weight excluding hydrogens is 400 g/mol. The Balaban J connectivity index is 2.10. The number of fused-ring (bicyclic) bond motifs is 1. The molecule has 0 aliphatic carbocycles. The van der Waals surface area contributed by atoms with Crippen LogP contribution in [0, 0.1) is 5.92 Å². The zero-order valence-electron chi connectivity index (χ0n) is 18.2. The van der Waals surface area contributed by atoms with Gasteiger partial charge in [-0.1, -0.05) is 62.4 Å². The van der Waals surface area contributed by atoms with E-state index in [-0.39, 0.29) is 5.36 Å². The van der Waals surface area contributed by atoms with Crippen LogP contribution in [0.15, 0.2) is 99.6 Å². The van der Waals surface area contributed by atoms with Crippen LogP contribution in [-0.4, -0.2) is 9.13 Å². The molecular formula is C26H26N4O2. The van der Waals surface area contributed by atoms with Crippen LogP contribution in [-0.2, 0) is 6.54 Å². The number of aromatic nitrogens is 2. The average Bonchev–Trinajstić information content (AvgIpc) is 2.89. The summed E-state index contributed by atoms with van der Waals surface area (Å²) in [6, 6.07) is 26.1. The molecule has 3 aromatic carbocycles. The van der Waals surface area contributed by atoms with Crippen LogP contribution < -0.4 is 21.9 Å². The highest BCUT2D eigenvalue weighted by atomic mass is 16.1. The van der Waals surface area contributed by atoms with Crippen molar-refractivity contribution in [3.8, 4) is 5.69 Å². The Labute approximate surface area is 186 Å². The number of hydrogen-bond donors (Lipinski definition) is 1. The van der Waals surface area contributed by atoms with E-state index in [9.17, 15) is 9.59 Å². The van der Waals surface area contributed by atoms with Crippen LogP contribution >= 0.6 is 0 Å². The van der Waals surface area contributed by atoms with Crippen molar-refractivity contribution in [3.05, 3.63) is 111 Å². The fraction of sp³-hybridized carbons (Fsp3) is 0.192. The molecule has 4 rings (SSSR count). The van der Waals surface area contributed by atoms with Crippen LogP contribution in [0.1, 0.15) is 20.3 Å². The summed E-state index contributed by atoms with van der Waals surface area (Å²) in [5.41, 5.74) is 4.73. The third-order valence-electron chi connectivity index (χ3n) is 5.28. The molecule has 0 fully saturated rings. The third kappa shape index (κ3) is 4.39. The van der Waals surface area contributed by atoms with E-state index in [1.54, 1.807) is 9.13 Å². The van der Waals surface area contributed by atoms with Gasteiger partial charge < -0.3 is 4.57 Å². The molecule has 0 saturated carbocycles. The molecule has 0 aliphatic rings. The average molecular weight is 427 g/mol. The molecule has 0 bridgehead atoms. The van der Waals surface area contributed by atoms with Gasteiger partial charge in [0, 0.05) is 12.2 Å². The fourth-order valence-corrected chi connectivity index (χ4v) is 3.60. The molecule has 1 N–H and O–H groups in total. The van der Waals surface area contributed by atoms with Crippen molar-refractivity contribution in [1.29, 1.82) is 0 Å². The fourth-order valence-electron chi connectivity index (χ4n) is 3.60. The zero-order chi connectivity index (χ0) is 22.5. The van der Waals surface area contributed by atoms with E-state index in [2.05, 4.69) is 24.4 Å². The van der Waals surface area contributed by atoms with Gasteiger partial charge in [0.25, 0.3) is 11.1 Å². The number of aryl methyl sites for hydroxylation is 1. The normalized spacial score (nSPS) is 11.8. The first-order chi connectivity index (χ1) is 15.6. The molecule has 0 aliphatic heterocycles. The van der Waals surface area contributed by atoms with Crippen LogP contribution in [0.4, 0.5) is 5.69 Å². The van der Waals surface area contributed by atoms with Crippen LogP contribution in [0.5, 0.6) is 0 Å². The zero-order valence-corrected chi connectivity index (χ0v) is 18.2. The summed E-state index contributed by atoms with van der Waals surface area (Å²) in [4.78, 5) is 27.4. The molecule has 4 aromatic rings. The second-order valence-corrected chi connectivity index (χ2v) is 8.04. The van der Waals surface area contributed by atoms with Gasteiger partial charge in [-0.15, -0.1) is 0 Å². The van der Waals surface area contributed by atoms with E-state index in [1.165, 1.54) is 0 Å². The van der Waals surface area contributed by atoms with E-state index in [4.69, 9.17) is 0 Å². The molecule has 0 radical (unpaired) electrons. The smallest absolute Gasteiger partial charge is 0.289 e. The number of anilines is 1. The number of benzene rings is 3. The van der Waals surface area contributed by atoms with Crippen LogP contribution in [0.25, 0.3) is 16.7 Å². The lowest BCUT2D eigenvalue weighted by Gasteiger charge is -2.10. The summed E-state index contributed by atoms with van der Waals surface area (Å²) in [5.74, 6) is 0.405. The van der Waals surface area contributed by atoms with Crippen molar-refractivity contribution >= 4 is 16.7 Å². The summed E-state index contributed by atoms with van der Waals surface area (Å²) in [6.07, 6.45) is 0.805. The lowest BCUT2D eigenvalue weighted by molar-refractivity contribution is 0.516. The molecule has 1 aromatic heterocycles. The van der Waals surface area contributed by atoms with Gasteiger partial charge in [-0.25, -0.2) is 0 Å². The highest BCUT2D eigenvalue weighted by molar-refractivity contribution is 5.76. The minimum Gasteiger partial charge on any atom is -0.305 e. The molecule has 0 unspecified atom stereocenters. The molecule has 0 spiro atoms. The van der Waals surface area contributed by atoms with Crippen LogP contribution in [0.2, 0.25) is 0 Å². The first-order valence-electron chi connectivity index (χ1n) is 10.8. The second kappa shape index (κ2) is 9.47. The minimum absolute atomic E-state index is 0.155. The van der Waals surface area contributed by atoms with E-state index >= 15 is 0 Å². The maximum atomic E-state index is 13.7. The minimum atomic E-state index is -0.468. The van der Waals surface area contributed by atoms with Gasteiger partial charge >= 0.3 is 0 Å². The van der Waals surface area contributed by atoms with E-state index in [0.717, 1.165) is 6.42 Å². The maximum absolute atomic E-state index is 13.7. The number of nitrogens with one attached hydrogen (secondary N) is 1. The summed E-state index contributed by atoms with van der Waals surface area (Å²) < 4.78 is 3.23. The Morgan fingerprint density at radius 3 is 2.03 bits per heavy atom. The standard InChI is InChI=1S/C26H26N4O2/c1-19(2)17-18-29-22-15-9-10-16-23(22)30(21-13-7-4-8-14-21)26(32)24(25(29)31)28-27-20-11-5-3-6-12-20/h3-16,19,27H,17-18H2,1-2H3/b28-24-. The predicted octanol–water partition coefficient (Wildman–Crippen LogP) is 4.13. The van der Waals surface area contributed by atoms with Gasteiger partial charge in [-0.3, -0.25) is 19.6 Å². The SMILES string of the molecule is CC(C)CCn1c(=O)/c(=N/Nc2ccccc2)c(=O)n(-c2ccccc2)c2ccccc21. The van der Waals surface area contributed by atoms with E-state index in [0.29, 0.717) is 34.9 Å². The Bertz CT molecular complexity index is 1410. The molecule has 32 heavy (non-hydrogen) atoms. The van der Waals surface area contributed by atoms with Crippen molar-refractivity contribution in [2.75, 3.05) is 5.43 Å². The second-order valence-electron chi connectivity index (χ2n) is 8.04. The molecule has 162 valence electrons. The molecule has 1 heterocycles. The number of hydrogen-bond acceptors (Lipinski definition) is 4. The lowest BCUT2D eigenvalue weighted by atomic mass is 10.1. The molecule has 0 amide bonds. The molecule has 0 saturated heterocycles. The van der Waals surface area contributed by atoms with Gasteiger partial charge in [0.05, 0.1) is 16.7 Å². The number of nitrogens with zero attached hydrogens (tertiary/aromatic N) is 3. The molecule has 0 atom stereocenters. The van der Waals surface area contributed by atoms with Crippen LogP contribution in [0.3, 0.4) is 0 Å². The van der Waals surface area contributed by atoms with Crippen molar-refractivity contribution in [2.45, 2.75) is 26.8 Å². The topological polar surface area (TPSA) is 68.4 Å². The monoisotopic (exact) mass is 426 g/mol.